The summed E-state index contributed by atoms with van der Waals surface area (Å²) in [5.41, 5.74) is 2.11. The number of hydrogen-bond acceptors (Lipinski definition) is 6. The lowest BCUT2D eigenvalue weighted by atomic mass is 10.1. The molecule has 0 atom stereocenters. The molecule has 8 nitrogen and oxygen atoms in total. The molecular formula is C24H30N4O4S. The molecule has 33 heavy (non-hydrogen) atoms. The van der Waals surface area contributed by atoms with Gasteiger partial charge in [0, 0.05) is 44.0 Å². The number of nitrogens with zero attached hydrogens (tertiary/aromatic N) is 2. The van der Waals surface area contributed by atoms with E-state index in [1.807, 2.05) is 36.1 Å². The number of carbonyl (C=O) groups excluding carboxylic acids is 2. The van der Waals surface area contributed by atoms with Crippen LogP contribution in [0.1, 0.15) is 30.1 Å². The SMILES string of the molecule is CCCC(=O)N1CCN(c2ccc(NC(=S)NC(=O)c3c(OC)cccc3OC)cc2)CC1. The minimum atomic E-state index is -0.422. The number of carbonyl (C=O) groups is 2. The molecule has 0 radical (unpaired) electrons. The zero-order valence-corrected chi connectivity index (χ0v) is 20.0. The molecule has 1 saturated heterocycles. The molecule has 9 heteroatoms. The number of rotatable bonds is 7. The van der Waals surface area contributed by atoms with E-state index in [1.165, 1.54) is 14.2 Å². The number of benzene rings is 2. The fourth-order valence-electron chi connectivity index (χ4n) is 3.74. The van der Waals surface area contributed by atoms with Crippen LogP contribution in [0.2, 0.25) is 0 Å². The van der Waals surface area contributed by atoms with Gasteiger partial charge in [-0.25, -0.2) is 0 Å². The first-order valence-electron chi connectivity index (χ1n) is 10.9. The Balaban J connectivity index is 1.56. The van der Waals surface area contributed by atoms with Crippen LogP contribution < -0.4 is 25.0 Å². The lowest BCUT2D eigenvalue weighted by molar-refractivity contribution is -0.131. The number of amides is 2. The normalized spacial score (nSPS) is 13.3. The van der Waals surface area contributed by atoms with Gasteiger partial charge in [0.25, 0.3) is 5.91 Å². The molecule has 176 valence electrons. The van der Waals surface area contributed by atoms with Crippen LogP contribution in [0.4, 0.5) is 11.4 Å². The van der Waals surface area contributed by atoms with E-state index in [4.69, 9.17) is 21.7 Å². The molecule has 0 bridgehead atoms. The molecule has 2 N–H and O–H groups in total. The average molecular weight is 471 g/mol. The summed E-state index contributed by atoms with van der Waals surface area (Å²) in [6, 6.07) is 12.9. The first-order valence-corrected chi connectivity index (χ1v) is 11.3. The number of methoxy groups -OCH3 is 2. The topological polar surface area (TPSA) is 83.1 Å². The van der Waals surface area contributed by atoms with Crippen molar-refractivity contribution in [3.8, 4) is 11.5 Å². The number of anilines is 2. The number of hydrogen-bond donors (Lipinski definition) is 2. The Morgan fingerprint density at radius 1 is 0.970 bits per heavy atom. The first kappa shape index (κ1) is 24.3. The average Bonchev–Trinajstić information content (AvgIpc) is 2.84. The number of thiocarbonyl (C=S) groups is 1. The third-order valence-corrected chi connectivity index (χ3v) is 5.67. The van der Waals surface area contributed by atoms with Crippen LogP contribution in [0, 0.1) is 0 Å². The fourth-order valence-corrected chi connectivity index (χ4v) is 3.96. The first-order chi connectivity index (χ1) is 16.0. The van der Waals surface area contributed by atoms with Crippen LogP contribution in [-0.2, 0) is 4.79 Å². The van der Waals surface area contributed by atoms with Gasteiger partial charge in [-0.05, 0) is 55.0 Å². The highest BCUT2D eigenvalue weighted by Crippen LogP contribution is 2.28. The van der Waals surface area contributed by atoms with Crippen LogP contribution in [0.3, 0.4) is 0 Å². The van der Waals surface area contributed by atoms with Gasteiger partial charge in [0.05, 0.1) is 14.2 Å². The molecule has 1 aliphatic rings. The van der Waals surface area contributed by atoms with Crippen molar-refractivity contribution in [1.29, 1.82) is 0 Å². The number of piperazine rings is 1. The third-order valence-electron chi connectivity index (χ3n) is 5.47. The van der Waals surface area contributed by atoms with Gasteiger partial charge >= 0.3 is 0 Å². The van der Waals surface area contributed by atoms with Gasteiger partial charge in [0.1, 0.15) is 17.1 Å². The Labute approximate surface area is 199 Å². The van der Waals surface area contributed by atoms with Gasteiger partial charge in [-0.3, -0.25) is 14.9 Å². The second-order valence-corrected chi connectivity index (χ2v) is 8.02. The van der Waals surface area contributed by atoms with E-state index in [0.717, 1.165) is 44.0 Å². The second kappa shape index (κ2) is 11.5. The summed E-state index contributed by atoms with van der Waals surface area (Å²) in [6.07, 6.45) is 1.49. The Morgan fingerprint density at radius 3 is 2.12 bits per heavy atom. The van der Waals surface area contributed by atoms with Crippen molar-refractivity contribution in [2.24, 2.45) is 0 Å². The summed E-state index contributed by atoms with van der Waals surface area (Å²) in [5, 5.41) is 5.87. The summed E-state index contributed by atoms with van der Waals surface area (Å²) in [4.78, 5) is 29.0. The zero-order valence-electron chi connectivity index (χ0n) is 19.2. The van der Waals surface area contributed by atoms with Gasteiger partial charge in [-0.1, -0.05) is 13.0 Å². The van der Waals surface area contributed by atoms with Crippen molar-refractivity contribution in [3.63, 3.8) is 0 Å². The van der Waals surface area contributed by atoms with E-state index in [9.17, 15) is 9.59 Å². The Kier molecular flexibility index (Phi) is 8.48. The molecule has 1 fully saturated rings. The molecule has 3 rings (SSSR count). The largest absolute Gasteiger partial charge is 0.496 e. The van der Waals surface area contributed by atoms with Crippen molar-refractivity contribution < 1.29 is 19.1 Å². The third kappa shape index (κ3) is 6.13. The molecule has 0 unspecified atom stereocenters. The number of nitrogens with one attached hydrogen (secondary N) is 2. The van der Waals surface area contributed by atoms with Crippen LogP contribution in [-0.4, -0.2) is 62.2 Å². The predicted molar refractivity (Wildman–Crippen MR) is 133 cm³/mol. The maximum Gasteiger partial charge on any atom is 0.264 e. The Hall–Kier alpha value is -3.33. The molecule has 2 aromatic rings. The van der Waals surface area contributed by atoms with Gasteiger partial charge in [-0.15, -0.1) is 0 Å². The number of ether oxygens (including phenoxy) is 2. The fraction of sp³-hybridized carbons (Fsp3) is 0.375. The summed E-state index contributed by atoms with van der Waals surface area (Å²) < 4.78 is 10.6. The highest BCUT2D eigenvalue weighted by Gasteiger charge is 2.21. The maximum absolute atomic E-state index is 12.7. The van der Waals surface area contributed by atoms with Gasteiger partial charge in [0.2, 0.25) is 5.91 Å². The van der Waals surface area contributed by atoms with Gasteiger partial charge in [-0.2, -0.15) is 0 Å². The Morgan fingerprint density at radius 2 is 1.58 bits per heavy atom. The van der Waals surface area contributed by atoms with Crippen molar-refractivity contribution in [2.45, 2.75) is 19.8 Å². The summed E-state index contributed by atoms with van der Waals surface area (Å²) in [7, 11) is 2.99. The second-order valence-electron chi connectivity index (χ2n) is 7.61. The molecule has 2 aromatic carbocycles. The van der Waals surface area contributed by atoms with Gasteiger partial charge in [0.15, 0.2) is 5.11 Å². The minimum absolute atomic E-state index is 0.170. The molecule has 2 amide bonds. The molecular weight excluding hydrogens is 440 g/mol. The lowest BCUT2D eigenvalue weighted by Gasteiger charge is -2.36. The molecule has 0 spiro atoms. The van der Waals surface area contributed by atoms with Crippen LogP contribution in [0.15, 0.2) is 42.5 Å². The monoisotopic (exact) mass is 470 g/mol. The van der Waals surface area contributed by atoms with Crippen LogP contribution >= 0.6 is 12.2 Å². The van der Waals surface area contributed by atoms with E-state index in [1.54, 1.807) is 18.2 Å². The molecule has 0 aliphatic carbocycles. The van der Waals surface area contributed by atoms with E-state index < -0.39 is 5.91 Å². The highest BCUT2D eigenvalue weighted by atomic mass is 32.1. The molecule has 0 aromatic heterocycles. The molecule has 1 aliphatic heterocycles. The van der Waals surface area contributed by atoms with Crippen molar-refractivity contribution in [2.75, 3.05) is 50.6 Å². The van der Waals surface area contributed by atoms with E-state index >= 15 is 0 Å². The summed E-state index contributed by atoms with van der Waals surface area (Å²) in [6.45, 7) is 5.10. The van der Waals surface area contributed by atoms with E-state index in [-0.39, 0.29) is 16.6 Å². The summed E-state index contributed by atoms with van der Waals surface area (Å²) >= 11 is 5.32. The standard InChI is InChI=1S/C24H30N4O4S/c1-4-6-21(29)28-15-13-27(14-16-28)18-11-9-17(10-12-18)25-24(33)26-23(30)22-19(31-2)7-5-8-20(22)32-3/h5,7-12H,4,6,13-16H2,1-3H3,(H2,25,26,30,33). The molecule has 0 saturated carbocycles. The zero-order chi connectivity index (χ0) is 23.8. The maximum atomic E-state index is 12.7. The predicted octanol–water partition coefficient (Wildman–Crippen LogP) is 3.28. The van der Waals surface area contributed by atoms with Crippen LogP contribution in [0.25, 0.3) is 0 Å². The quantitative estimate of drug-likeness (QED) is 0.601. The highest BCUT2D eigenvalue weighted by molar-refractivity contribution is 7.80. The molecule has 1 heterocycles. The van der Waals surface area contributed by atoms with Crippen LogP contribution in [0.5, 0.6) is 11.5 Å². The lowest BCUT2D eigenvalue weighted by Crippen LogP contribution is -2.48. The van der Waals surface area contributed by atoms with Crippen molar-refractivity contribution in [3.05, 3.63) is 48.0 Å². The minimum Gasteiger partial charge on any atom is -0.496 e. The Bertz CT molecular complexity index is 966. The van der Waals surface area contributed by atoms with Crippen molar-refractivity contribution >= 4 is 40.5 Å². The van der Waals surface area contributed by atoms with Crippen molar-refractivity contribution in [1.82, 2.24) is 10.2 Å². The van der Waals surface area contributed by atoms with Gasteiger partial charge < -0.3 is 24.6 Å². The smallest absolute Gasteiger partial charge is 0.264 e. The van der Waals surface area contributed by atoms with E-state index in [2.05, 4.69) is 15.5 Å². The van der Waals surface area contributed by atoms with E-state index in [0.29, 0.717) is 17.9 Å². The summed E-state index contributed by atoms with van der Waals surface area (Å²) in [5.74, 6) is 0.609.